The molecule has 2 N–H and O–H groups in total. The number of nitrogens with zero attached hydrogens (tertiary/aromatic N) is 4. The Balaban J connectivity index is 1.53. The van der Waals surface area contributed by atoms with Crippen LogP contribution >= 0.6 is 0 Å². The zero-order valence-electron chi connectivity index (χ0n) is 19.1. The Kier molecular flexibility index (Phi) is 8.31. The standard InChI is InChI=1S/C22H37N5O4/c1-4-7-25-9-11-26(12-10-25)13-14-30-19-15-18(31-24-19)20(16(2)3)22(29)27-8-5-6-17(27)21(23)28/h15-17,20H,4-14H2,1-3H3,(H2,23,28). The van der Waals surface area contributed by atoms with E-state index in [0.29, 0.717) is 31.2 Å². The average Bonchev–Trinajstić information content (AvgIpc) is 3.39. The molecule has 9 nitrogen and oxygen atoms in total. The summed E-state index contributed by atoms with van der Waals surface area (Å²) >= 11 is 0. The Labute approximate surface area is 184 Å². The molecular formula is C22H37N5O4. The fraction of sp³-hybridized carbons (Fsp3) is 0.773. The molecule has 1 aromatic rings. The normalized spacial score (nSPS) is 21.5. The maximum absolute atomic E-state index is 13.2. The highest BCUT2D eigenvalue weighted by Gasteiger charge is 2.39. The summed E-state index contributed by atoms with van der Waals surface area (Å²) in [6.45, 7) is 13.5. The van der Waals surface area contributed by atoms with Crippen LogP contribution < -0.4 is 10.5 Å². The average molecular weight is 436 g/mol. The predicted molar refractivity (Wildman–Crippen MR) is 117 cm³/mol. The number of ether oxygens (including phenoxy) is 1. The number of aromatic nitrogens is 1. The zero-order valence-corrected chi connectivity index (χ0v) is 19.1. The van der Waals surface area contributed by atoms with Crippen molar-refractivity contribution in [1.82, 2.24) is 19.9 Å². The smallest absolute Gasteiger partial charge is 0.254 e. The number of nitrogens with two attached hydrogens (primary N) is 1. The summed E-state index contributed by atoms with van der Waals surface area (Å²) in [4.78, 5) is 31.4. The third kappa shape index (κ3) is 5.98. The lowest BCUT2D eigenvalue weighted by Gasteiger charge is -2.34. The van der Waals surface area contributed by atoms with E-state index < -0.39 is 17.9 Å². The van der Waals surface area contributed by atoms with E-state index in [4.69, 9.17) is 15.0 Å². The number of carbonyl (C=O) groups excluding carboxylic acids is 2. The molecule has 174 valence electrons. The van der Waals surface area contributed by atoms with E-state index in [0.717, 1.165) is 39.1 Å². The van der Waals surface area contributed by atoms with Crippen molar-refractivity contribution >= 4 is 11.8 Å². The zero-order chi connectivity index (χ0) is 22.4. The Morgan fingerprint density at radius 1 is 1.19 bits per heavy atom. The molecule has 0 aliphatic carbocycles. The van der Waals surface area contributed by atoms with Gasteiger partial charge >= 0.3 is 0 Å². The molecule has 1 aromatic heterocycles. The van der Waals surface area contributed by atoms with Crippen molar-refractivity contribution in [3.8, 4) is 5.88 Å². The van der Waals surface area contributed by atoms with Crippen LogP contribution in [0.25, 0.3) is 0 Å². The van der Waals surface area contributed by atoms with Crippen LogP contribution in [0.3, 0.4) is 0 Å². The first-order valence-electron chi connectivity index (χ1n) is 11.5. The highest BCUT2D eigenvalue weighted by Crippen LogP contribution is 2.32. The number of hydrogen-bond acceptors (Lipinski definition) is 7. The van der Waals surface area contributed by atoms with Gasteiger partial charge in [-0.3, -0.25) is 14.5 Å². The summed E-state index contributed by atoms with van der Waals surface area (Å²) in [7, 11) is 0. The maximum atomic E-state index is 13.2. The lowest BCUT2D eigenvalue weighted by molar-refractivity contribution is -0.139. The Morgan fingerprint density at radius 2 is 1.87 bits per heavy atom. The van der Waals surface area contributed by atoms with Crippen molar-refractivity contribution in [3.63, 3.8) is 0 Å². The molecule has 9 heteroatoms. The van der Waals surface area contributed by atoms with Gasteiger partial charge in [-0.25, -0.2) is 0 Å². The number of amides is 2. The van der Waals surface area contributed by atoms with E-state index >= 15 is 0 Å². The minimum absolute atomic E-state index is 0.0122. The van der Waals surface area contributed by atoms with Crippen LogP contribution in [0.5, 0.6) is 5.88 Å². The Hall–Kier alpha value is -2.13. The molecule has 0 spiro atoms. The number of hydrogen-bond donors (Lipinski definition) is 1. The van der Waals surface area contributed by atoms with Gasteiger partial charge in [-0.2, -0.15) is 0 Å². The third-order valence-electron chi connectivity index (χ3n) is 6.27. The molecule has 2 amide bonds. The first-order valence-corrected chi connectivity index (χ1v) is 11.5. The van der Waals surface area contributed by atoms with Crippen LogP contribution in [0, 0.1) is 5.92 Å². The monoisotopic (exact) mass is 435 g/mol. The predicted octanol–water partition coefficient (Wildman–Crippen LogP) is 1.30. The summed E-state index contributed by atoms with van der Waals surface area (Å²) in [6.07, 6.45) is 2.59. The minimum atomic E-state index is -0.537. The van der Waals surface area contributed by atoms with Gasteiger partial charge < -0.3 is 24.8 Å². The first-order chi connectivity index (χ1) is 14.9. The summed E-state index contributed by atoms with van der Waals surface area (Å²) in [6, 6.07) is 1.17. The van der Waals surface area contributed by atoms with Gasteiger partial charge in [-0.1, -0.05) is 20.8 Å². The lowest BCUT2D eigenvalue weighted by Crippen LogP contribution is -2.47. The van der Waals surface area contributed by atoms with Gasteiger partial charge in [0.2, 0.25) is 11.8 Å². The van der Waals surface area contributed by atoms with Gasteiger partial charge in [0, 0.05) is 45.3 Å². The molecule has 2 aliphatic rings. The molecule has 2 atom stereocenters. The SMILES string of the molecule is CCCN1CCN(CCOc2cc(C(C(=O)N3CCCC3C(N)=O)C(C)C)on2)CC1. The van der Waals surface area contributed by atoms with Gasteiger partial charge in [0.25, 0.3) is 5.88 Å². The summed E-state index contributed by atoms with van der Waals surface area (Å²) in [5, 5.41) is 4.02. The number of likely N-dealkylation sites (tertiary alicyclic amines) is 1. The molecule has 0 saturated carbocycles. The van der Waals surface area contributed by atoms with Crippen molar-refractivity contribution < 1.29 is 18.8 Å². The Bertz CT molecular complexity index is 729. The van der Waals surface area contributed by atoms with Crippen LogP contribution in [-0.4, -0.2) is 90.1 Å². The highest BCUT2D eigenvalue weighted by molar-refractivity contribution is 5.90. The second-order valence-electron chi connectivity index (χ2n) is 8.91. The van der Waals surface area contributed by atoms with E-state index in [9.17, 15) is 9.59 Å². The van der Waals surface area contributed by atoms with Crippen molar-refractivity contribution in [2.24, 2.45) is 11.7 Å². The molecule has 0 aromatic carbocycles. The molecule has 2 saturated heterocycles. The van der Waals surface area contributed by atoms with E-state index in [-0.39, 0.29) is 11.8 Å². The summed E-state index contributed by atoms with van der Waals surface area (Å²) < 4.78 is 11.3. The largest absolute Gasteiger partial charge is 0.474 e. The molecule has 2 aliphatic heterocycles. The third-order valence-corrected chi connectivity index (χ3v) is 6.27. The maximum Gasteiger partial charge on any atom is 0.254 e. The molecule has 0 radical (unpaired) electrons. The van der Waals surface area contributed by atoms with Crippen molar-refractivity contribution in [1.29, 1.82) is 0 Å². The molecule has 2 unspecified atom stereocenters. The number of piperazine rings is 1. The van der Waals surface area contributed by atoms with E-state index in [1.54, 1.807) is 11.0 Å². The van der Waals surface area contributed by atoms with Gasteiger partial charge in [-0.15, -0.1) is 0 Å². The fourth-order valence-corrected chi connectivity index (χ4v) is 4.56. The highest BCUT2D eigenvalue weighted by atomic mass is 16.5. The molecule has 31 heavy (non-hydrogen) atoms. The summed E-state index contributed by atoms with van der Waals surface area (Å²) in [5.74, 6) is -0.253. The van der Waals surface area contributed by atoms with E-state index in [1.807, 2.05) is 13.8 Å². The molecule has 0 bridgehead atoms. The van der Waals surface area contributed by atoms with Crippen molar-refractivity contribution in [3.05, 3.63) is 11.8 Å². The second-order valence-corrected chi connectivity index (χ2v) is 8.91. The minimum Gasteiger partial charge on any atom is -0.474 e. The first kappa shape index (κ1) is 23.5. The van der Waals surface area contributed by atoms with E-state index in [2.05, 4.69) is 21.9 Å². The molecule has 2 fully saturated rings. The fourth-order valence-electron chi connectivity index (χ4n) is 4.56. The van der Waals surface area contributed by atoms with Gasteiger partial charge in [0.05, 0.1) is 0 Å². The molecule has 3 rings (SSSR count). The number of rotatable bonds is 10. The quantitative estimate of drug-likeness (QED) is 0.590. The Morgan fingerprint density at radius 3 is 2.48 bits per heavy atom. The second kappa shape index (κ2) is 10.9. The van der Waals surface area contributed by atoms with Crippen LogP contribution in [0.2, 0.25) is 0 Å². The summed E-state index contributed by atoms with van der Waals surface area (Å²) in [5.41, 5.74) is 5.49. The van der Waals surface area contributed by atoms with E-state index in [1.165, 1.54) is 13.0 Å². The van der Waals surface area contributed by atoms with Gasteiger partial charge in [-0.05, 0) is 36.9 Å². The lowest BCUT2D eigenvalue weighted by atomic mass is 9.91. The number of primary amides is 1. The van der Waals surface area contributed by atoms with Crippen molar-refractivity contribution in [2.45, 2.75) is 52.0 Å². The van der Waals surface area contributed by atoms with Crippen LogP contribution in [0.4, 0.5) is 0 Å². The van der Waals surface area contributed by atoms with Crippen molar-refractivity contribution in [2.75, 3.05) is 52.4 Å². The van der Waals surface area contributed by atoms with Crippen LogP contribution in [0.1, 0.15) is 51.7 Å². The molecule has 3 heterocycles. The molecular weight excluding hydrogens is 398 g/mol. The topological polar surface area (TPSA) is 105 Å². The number of carbonyl (C=O) groups is 2. The van der Waals surface area contributed by atoms with Gasteiger partial charge in [0.1, 0.15) is 18.6 Å². The van der Waals surface area contributed by atoms with Gasteiger partial charge in [0.15, 0.2) is 5.76 Å². The van der Waals surface area contributed by atoms with Crippen LogP contribution in [-0.2, 0) is 9.59 Å². The van der Waals surface area contributed by atoms with Crippen LogP contribution in [0.15, 0.2) is 10.6 Å².